The molecule has 2 heterocycles. The minimum absolute atomic E-state index is 0. The Morgan fingerprint density at radius 2 is 2.19 bits per heavy atom. The lowest BCUT2D eigenvalue weighted by Gasteiger charge is -2.31. The molecule has 122 valence electrons. The third-order valence-electron chi connectivity index (χ3n) is 3.52. The van der Waals surface area contributed by atoms with Gasteiger partial charge in [0.1, 0.15) is 0 Å². The quantitative estimate of drug-likeness (QED) is 0.793. The van der Waals surface area contributed by atoms with Crippen molar-refractivity contribution in [1.82, 2.24) is 20.0 Å². The number of nitrogens with one attached hydrogen (secondary N) is 1. The van der Waals surface area contributed by atoms with Crippen LogP contribution in [0.15, 0.2) is 18.5 Å². The number of carbonyl (C=O) groups excluding carboxylic acids is 1. The van der Waals surface area contributed by atoms with Crippen molar-refractivity contribution in [3.63, 3.8) is 0 Å². The monoisotopic (exact) mass is 337 g/mol. The van der Waals surface area contributed by atoms with Crippen LogP contribution in [0.4, 0.5) is 0 Å². The van der Waals surface area contributed by atoms with E-state index in [4.69, 9.17) is 5.73 Å². The molecule has 1 saturated heterocycles. The number of piperidine rings is 1. The lowest BCUT2D eigenvalue weighted by Crippen LogP contribution is -2.44. The summed E-state index contributed by atoms with van der Waals surface area (Å²) in [5.41, 5.74) is 5.40. The summed E-state index contributed by atoms with van der Waals surface area (Å²) in [6.07, 6.45) is 5.82. The predicted molar refractivity (Wildman–Crippen MR) is 88.0 cm³/mol. The van der Waals surface area contributed by atoms with E-state index in [0.29, 0.717) is 13.1 Å². The van der Waals surface area contributed by atoms with E-state index >= 15 is 0 Å². The fourth-order valence-corrected chi connectivity index (χ4v) is 2.49. The first kappa shape index (κ1) is 20.2. The maximum Gasteiger partial charge on any atom is 0.224 e. The summed E-state index contributed by atoms with van der Waals surface area (Å²) < 4.78 is 1.93. The van der Waals surface area contributed by atoms with Crippen LogP contribution in [0, 0.1) is 5.92 Å². The molecule has 0 radical (unpaired) electrons. The Morgan fingerprint density at radius 3 is 2.86 bits per heavy atom. The molecule has 0 bridgehead atoms. The first-order chi connectivity index (χ1) is 9.29. The van der Waals surface area contributed by atoms with Crippen molar-refractivity contribution in [3.05, 3.63) is 18.5 Å². The number of rotatable bonds is 6. The van der Waals surface area contributed by atoms with Gasteiger partial charge in [-0.3, -0.25) is 9.48 Å². The van der Waals surface area contributed by atoms with Gasteiger partial charge in [0.2, 0.25) is 5.91 Å². The molecule has 8 heteroatoms. The third kappa shape index (κ3) is 6.65. The molecule has 0 aliphatic carbocycles. The van der Waals surface area contributed by atoms with Crippen molar-refractivity contribution in [3.8, 4) is 0 Å². The summed E-state index contributed by atoms with van der Waals surface area (Å²) in [6.45, 7) is 4.82. The number of nitrogens with two attached hydrogens (primary N) is 1. The van der Waals surface area contributed by atoms with E-state index in [9.17, 15) is 4.79 Å². The van der Waals surface area contributed by atoms with Crippen molar-refractivity contribution in [1.29, 1.82) is 0 Å². The topological polar surface area (TPSA) is 76.2 Å². The zero-order valence-corrected chi connectivity index (χ0v) is 13.7. The second-order valence-electron chi connectivity index (χ2n) is 4.99. The van der Waals surface area contributed by atoms with Gasteiger partial charge in [0.15, 0.2) is 0 Å². The fraction of sp³-hybridized carbons (Fsp3) is 0.692. The maximum absolute atomic E-state index is 11.9. The number of likely N-dealkylation sites (tertiary alicyclic amines) is 1. The lowest BCUT2D eigenvalue weighted by molar-refractivity contribution is -0.126. The molecule has 21 heavy (non-hydrogen) atoms. The Hall–Kier alpha value is -0.820. The van der Waals surface area contributed by atoms with Crippen LogP contribution in [-0.2, 0) is 11.3 Å². The Kier molecular flexibility index (Phi) is 10.4. The highest BCUT2D eigenvalue weighted by Crippen LogP contribution is 2.16. The largest absolute Gasteiger partial charge is 0.355 e. The Bertz CT molecular complexity index is 388. The molecular weight excluding hydrogens is 313 g/mol. The van der Waals surface area contributed by atoms with Crippen LogP contribution in [0.2, 0.25) is 0 Å². The van der Waals surface area contributed by atoms with E-state index < -0.39 is 0 Å². The summed E-state index contributed by atoms with van der Waals surface area (Å²) in [6, 6.07) is 1.93. The third-order valence-corrected chi connectivity index (χ3v) is 3.52. The first-order valence-electron chi connectivity index (χ1n) is 6.97. The average Bonchev–Trinajstić information content (AvgIpc) is 2.96. The highest BCUT2D eigenvalue weighted by atomic mass is 35.5. The highest BCUT2D eigenvalue weighted by Gasteiger charge is 2.25. The second kappa shape index (κ2) is 10.8. The lowest BCUT2D eigenvalue weighted by atomic mass is 9.97. The summed E-state index contributed by atoms with van der Waals surface area (Å²) in [4.78, 5) is 14.3. The van der Waals surface area contributed by atoms with Gasteiger partial charge in [0.25, 0.3) is 0 Å². The Balaban J connectivity index is 0.00000200. The molecule has 0 saturated carbocycles. The van der Waals surface area contributed by atoms with Gasteiger partial charge in [-0.2, -0.15) is 5.10 Å². The van der Waals surface area contributed by atoms with Gasteiger partial charge < -0.3 is 16.0 Å². The van der Waals surface area contributed by atoms with Crippen LogP contribution >= 0.6 is 24.8 Å². The Morgan fingerprint density at radius 1 is 1.38 bits per heavy atom. The first-order valence-corrected chi connectivity index (χ1v) is 6.97. The molecule has 6 nitrogen and oxygen atoms in total. The van der Waals surface area contributed by atoms with Gasteiger partial charge in [-0.05, 0) is 25.5 Å². The van der Waals surface area contributed by atoms with Crippen molar-refractivity contribution in [2.45, 2.75) is 19.4 Å². The van der Waals surface area contributed by atoms with Crippen LogP contribution in [-0.4, -0.2) is 53.3 Å². The van der Waals surface area contributed by atoms with E-state index in [1.807, 2.05) is 16.9 Å². The molecular formula is C13H25Cl2N5O. The minimum Gasteiger partial charge on any atom is -0.355 e. The van der Waals surface area contributed by atoms with Gasteiger partial charge in [-0.15, -0.1) is 24.8 Å². The van der Waals surface area contributed by atoms with Crippen molar-refractivity contribution < 1.29 is 4.79 Å². The fourth-order valence-electron chi connectivity index (χ4n) is 2.49. The molecule has 3 N–H and O–H groups in total. The van der Waals surface area contributed by atoms with Crippen molar-refractivity contribution in [2.24, 2.45) is 11.7 Å². The molecule has 2 rings (SSSR count). The highest BCUT2D eigenvalue weighted by molar-refractivity contribution is 5.85. The van der Waals surface area contributed by atoms with E-state index in [1.54, 1.807) is 6.20 Å². The molecule has 1 aliphatic heterocycles. The van der Waals surface area contributed by atoms with Crippen LogP contribution in [0.1, 0.15) is 12.8 Å². The van der Waals surface area contributed by atoms with Crippen LogP contribution in [0.25, 0.3) is 0 Å². The minimum atomic E-state index is 0. The number of hydrogen-bond donors (Lipinski definition) is 2. The molecule has 1 amide bonds. The summed E-state index contributed by atoms with van der Waals surface area (Å²) >= 11 is 0. The molecule has 0 aromatic carbocycles. The Labute approximate surface area is 138 Å². The average molecular weight is 338 g/mol. The normalized spacial score (nSPS) is 18.4. The standard InChI is InChI=1S/C13H23N5O.2ClH/c14-4-6-15-13(19)12-3-1-7-17(11-12)9-10-18-8-2-5-16-18;;/h2,5,8,12H,1,3-4,6-7,9-11,14H2,(H,15,19);2*1H. The smallest absolute Gasteiger partial charge is 0.224 e. The molecule has 1 fully saturated rings. The summed E-state index contributed by atoms with van der Waals surface area (Å²) in [5.74, 6) is 0.257. The second-order valence-corrected chi connectivity index (χ2v) is 4.99. The zero-order valence-electron chi connectivity index (χ0n) is 12.1. The van der Waals surface area contributed by atoms with Gasteiger partial charge in [-0.1, -0.05) is 0 Å². The van der Waals surface area contributed by atoms with Crippen LogP contribution in [0.5, 0.6) is 0 Å². The summed E-state index contributed by atoms with van der Waals surface area (Å²) in [7, 11) is 0. The molecule has 0 spiro atoms. The van der Waals surface area contributed by atoms with E-state index in [0.717, 1.165) is 39.0 Å². The SMILES string of the molecule is Cl.Cl.NCCNC(=O)C1CCCN(CCn2cccn2)C1. The number of carbonyl (C=O) groups is 1. The van der Waals surface area contributed by atoms with Crippen LogP contribution < -0.4 is 11.1 Å². The van der Waals surface area contributed by atoms with Crippen molar-refractivity contribution >= 4 is 30.7 Å². The van der Waals surface area contributed by atoms with Gasteiger partial charge >= 0.3 is 0 Å². The van der Waals surface area contributed by atoms with Crippen molar-refractivity contribution in [2.75, 3.05) is 32.7 Å². The van der Waals surface area contributed by atoms with Gasteiger partial charge in [0.05, 0.1) is 12.5 Å². The number of aromatic nitrogens is 2. The van der Waals surface area contributed by atoms with E-state index in [2.05, 4.69) is 15.3 Å². The number of amides is 1. The summed E-state index contributed by atoms with van der Waals surface area (Å²) in [5, 5.41) is 7.08. The zero-order chi connectivity index (χ0) is 13.5. The molecule has 1 atom stereocenters. The maximum atomic E-state index is 11.9. The number of hydrogen-bond acceptors (Lipinski definition) is 4. The van der Waals surface area contributed by atoms with Crippen LogP contribution in [0.3, 0.4) is 0 Å². The van der Waals surface area contributed by atoms with E-state index in [1.165, 1.54) is 0 Å². The molecule has 1 aromatic rings. The van der Waals surface area contributed by atoms with Gasteiger partial charge in [0, 0.05) is 38.6 Å². The number of halogens is 2. The molecule has 1 aliphatic rings. The molecule has 1 aromatic heterocycles. The van der Waals surface area contributed by atoms with E-state index in [-0.39, 0.29) is 36.6 Å². The number of nitrogens with zero attached hydrogens (tertiary/aromatic N) is 3. The predicted octanol–water partition coefficient (Wildman–Crippen LogP) is 0.514. The van der Waals surface area contributed by atoms with Gasteiger partial charge in [-0.25, -0.2) is 0 Å². The molecule has 1 unspecified atom stereocenters.